The Bertz CT molecular complexity index is 975. The van der Waals surface area contributed by atoms with Crippen molar-refractivity contribution in [1.82, 2.24) is 9.80 Å². The molecule has 2 aliphatic rings. The van der Waals surface area contributed by atoms with Gasteiger partial charge in [0.1, 0.15) is 5.70 Å². The lowest BCUT2D eigenvalue weighted by atomic mass is 10.0. The monoisotopic (exact) mass is 405 g/mol. The second kappa shape index (κ2) is 8.81. The first-order valence-corrected chi connectivity index (χ1v) is 10.3. The quantitative estimate of drug-likeness (QED) is 0.749. The third-order valence-electron chi connectivity index (χ3n) is 5.66. The van der Waals surface area contributed by atoms with Gasteiger partial charge in [-0.15, -0.1) is 0 Å². The summed E-state index contributed by atoms with van der Waals surface area (Å²) in [6.45, 7) is 8.02. The van der Waals surface area contributed by atoms with Crippen LogP contribution in [0.4, 0.5) is 5.69 Å². The van der Waals surface area contributed by atoms with Gasteiger partial charge in [-0.3, -0.25) is 19.4 Å². The van der Waals surface area contributed by atoms with E-state index in [-0.39, 0.29) is 11.8 Å². The molecule has 0 unspecified atom stereocenters. The van der Waals surface area contributed by atoms with Crippen molar-refractivity contribution in [2.75, 3.05) is 44.7 Å². The molecule has 2 aromatic rings. The van der Waals surface area contributed by atoms with Gasteiger partial charge in [-0.2, -0.15) is 0 Å². The maximum absolute atomic E-state index is 13.3. The van der Waals surface area contributed by atoms with E-state index >= 15 is 0 Å². The summed E-state index contributed by atoms with van der Waals surface area (Å²) in [6, 6.07) is 15.5. The molecule has 1 N–H and O–H groups in total. The number of anilines is 1. The summed E-state index contributed by atoms with van der Waals surface area (Å²) in [5, 5.41) is 3.25. The number of hydrogen-bond donors (Lipinski definition) is 1. The third-order valence-corrected chi connectivity index (χ3v) is 5.66. The molecule has 0 saturated carbocycles. The van der Waals surface area contributed by atoms with Crippen LogP contribution in [0.15, 0.2) is 54.2 Å². The number of benzene rings is 2. The molecular weight excluding hydrogens is 378 g/mol. The van der Waals surface area contributed by atoms with Crippen LogP contribution in [0, 0.1) is 13.8 Å². The largest absolute Gasteiger partial charge is 0.379 e. The molecule has 156 valence electrons. The minimum atomic E-state index is -0.271. The summed E-state index contributed by atoms with van der Waals surface area (Å²) in [5.74, 6) is -0.514. The van der Waals surface area contributed by atoms with Crippen molar-refractivity contribution < 1.29 is 14.3 Å². The zero-order chi connectivity index (χ0) is 21.1. The number of hydrogen-bond acceptors (Lipinski definition) is 5. The Kier molecular flexibility index (Phi) is 5.97. The lowest BCUT2D eigenvalue weighted by Crippen LogP contribution is -2.43. The first-order valence-electron chi connectivity index (χ1n) is 10.3. The minimum absolute atomic E-state index is 0.242. The van der Waals surface area contributed by atoms with Gasteiger partial charge in [-0.1, -0.05) is 48.0 Å². The van der Waals surface area contributed by atoms with Crippen LogP contribution in [0.1, 0.15) is 16.7 Å². The molecule has 6 heteroatoms. The summed E-state index contributed by atoms with van der Waals surface area (Å²) in [6.07, 6.45) is 0. The van der Waals surface area contributed by atoms with E-state index in [1.54, 1.807) is 0 Å². The van der Waals surface area contributed by atoms with Gasteiger partial charge >= 0.3 is 0 Å². The van der Waals surface area contributed by atoms with Crippen LogP contribution in [0.5, 0.6) is 0 Å². The summed E-state index contributed by atoms with van der Waals surface area (Å²) in [4.78, 5) is 30.2. The Labute approximate surface area is 177 Å². The lowest BCUT2D eigenvalue weighted by molar-refractivity contribution is -0.137. The van der Waals surface area contributed by atoms with E-state index in [1.807, 2.05) is 62.4 Å². The zero-order valence-corrected chi connectivity index (χ0v) is 17.5. The molecule has 30 heavy (non-hydrogen) atoms. The fourth-order valence-corrected chi connectivity index (χ4v) is 3.80. The lowest BCUT2D eigenvalue weighted by Gasteiger charge is -2.28. The maximum atomic E-state index is 13.3. The first-order chi connectivity index (χ1) is 14.5. The Morgan fingerprint density at radius 3 is 2.30 bits per heavy atom. The number of nitrogens with one attached hydrogen (secondary N) is 1. The number of rotatable bonds is 6. The van der Waals surface area contributed by atoms with Crippen LogP contribution >= 0.6 is 0 Å². The van der Waals surface area contributed by atoms with E-state index in [4.69, 9.17) is 4.74 Å². The summed E-state index contributed by atoms with van der Waals surface area (Å²) < 4.78 is 5.39. The number of morpholine rings is 1. The van der Waals surface area contributed by atoms with Crippen molar-refractivity contribution in [2.45, 2.75) is 13.8 Å². The van der Waals surface area contributed by atoms with Crippen LogP contribution in [-0.2, 0) is 14.3 Å². The van der Waals surface area contributed by atoms with Gasteiger partial charge in [-0.05, 0) is 31.0 Å². The molecule has 0 aromatic heterocycles. The molecule has 0 bridgehead atoms. The van der Waals surface area contributed by atoms with E-state index in [9.17, 15) is 9.59 Å². The van der Waals surface area contributed by atoms with E-state index < -0.39 is 0 Å². The molecule has 0 spiro atoms. The number of imide groups is 1. The molecule has 4 rings (SSSR count). The topological polar surface area (TPSA) is 61.9 Å². The Hall–Kier alpha value is -2.96. The van der Waals surface area contributed by atoms with Gasteiger partial charge < -0.3 is 10.1 Å². The number of carbonyl (C=O) groups excluding carboxylic acids is 2. The molecule has 0 aliphatic carbocycles. The highest BCUT2D eigenvalue weighted by Crippen LogP contribution is 2.31. The number of nitrogens with zero attached hydrogens (tertiary/aromatic N) is 2. The standard InChI is InChI=1S/C24H27N3O3/c1-17-7-9-19(10-8-17)21-22(25-20-6-4-3-5-18(20)2)24(29)27(23(21)28)12-11-26-13-15-30-16-14-26/h3-10,25H,11-16H2,1-2H3. The zero-order valence-electron chi connectivity index (χ0n) is 17.5. The van der Waals surface area contributed by atoms with Crippen molar-refractivity contribution in [3.63, 3.8) is 0 Å². The Morgan fingerprint density at radius 2 is 1.60 bits per heavy atom. The molecule has 2 heterocycles. The minimum Gasteiger partial charge on any atom is -0.379 e. The highest BCUT2D eigenvalue weighted by molar-refractivity contribution is 6.36. The van der Waals surface area contributed by atoms with Crippen LogP contribution < -0.4 is 5.32 Å². The smallest absolute Gasteiger partial charge is 0.278 e. The van der Waals surface area contributed by atoms with Crippen LogP contribution in [0.25, 0.3) is 5.57 Å². The molecule has 1 fully saturated rings. The number of aryl methyl sites for hydroxylation is 2. The van der Waals surface area contributed by atoms with Gasteiger partial charge in [0.15, 0.2) is 0 Å². The molecule has 2 amide bonds. The second-order valence-electron chi connectivity index (χ2n) is 7.77. The van der Waals surface area contributed by atoms with Gasteiger partial charge in [0, 0.05) is 31.9 Å². The van der Waals surface area contributed by atoms with Gasteiger partial charge in [0.05, 0.1) is 18.8 Å². The fourth-order valence-electron chi connectivity index (χ4n) is 3.80. The van der Waals surface area contributed by atoms with Crippen LogP contribution in [0.3, 0.4) is 0 Å². The molecule has 0 atom stereocenters. The normalized spacial score (nSPS) is 17.7. The van der Waals surface area contributed by atoms with Gasteiger partial charge in [-0.25, -0.2) is 0 Å². The SMILES string of the molecule is Cc1ccc(C2=C(Nc3ccccc3C)C(=O)N(CCN3CCOCC3)C2=O)cc1. The molecule has 6 nitrogen and oxygen atoms in total. The number of para-hydroxylation sites is 1. The molecule has 0 radical (unpaired) electrons. The molecule has 2 aliphatic heterocycles. The average molecular weight is 405 g/mol. The Balaban J connectivity index is 1.63. The highest BCUT2D eigenvalue weighted by atomic mass is 16.5. The molecule has 2 aromatic carbocycles. The van der Waals surface area contributed by atoms with Crippen molar-refractivity contribution in [2.24, 2.45) is 0 Å². The van der Waals surface area contributed by atoms with E-state index in [2.05, 4.69) is 10.2 Å². The van der Waals surface area contributed by atoms with E-state index in [1.165, 1.54) is 4.90 Å². The predicted octanol–water partition coefficient (Wildman–Crippen LogP) is 2.83. The van der Waals surface area contributed by atoms with Crippen molar-refractivity contribution in [3.8, 4) is 0 Å². The molecule has 1 saturated heterocycles. The number of ether oxygens (including phenoxy) is 1. The second-order valence-corrected chi connectivity index (χ2v) is 7.77. The summed E-state index contributed by atoms with van der Waals surface area (Å²) >= 11 is 0. The summed E-state index contributed by atoms with van der Waals surface area (Å²) in [5.41, 5.74) is 4.48. The predicted molar refractivity (Wildman–Crippen MR) is 117 cm³/mol. The maximum Gasteiger partial charge on any atom is 0.278 e. The number of amides is 2. The van der Waals surface area contributed by atoms with E-state index in [0.717, 1.165) is 35.5 Å². The molecular formula is C24H27N3O3. The van der Waals surface area contributed by atoms with Crippen molar-refractivity contribution in [1.29, 1.82) is 0 Å². The first kappa shape index (κ1) is 20.3. The number of carbonyl (C=O) groups is 2. The Morgan fingerprint density at radius 1 is 0.900 bits per heavy atom. The third kappa shape index (κ3) is 4.15. The van der Waals surface area contributed by atoms with E-state index in [0.29, 0.717) is 37.6 Å². The highest BCUT2D eigenvalue weighted by Gasteiger charge is 2.39. The van der Waals surface area contributed by atoms with Crippen molar-refractivity contribution >= 4 is 23.1 Å². The fraction of sp³-hybridized carbons (Fsp3) is 0.333. The average Bonchev–Trinajstić information content (AvgIpc) is 2.99. The van der Waals surface area contributed by atoms with Gasteiger partial charge in [0.2, 0.25) is 0 Å². The van der Waals surface area contributed by atoms with Crippen molar-refractivity contribution in [3.05, 3.63) is 70.9 Å². The van der Waals surface area contributed by atoms with Crippen LogP contribution in [0.2, 0.25) is 0 Å². The summed E-state index contributed by atoms with van der Waals surface area (Å²) in [7, 11) is 0. The van der Waals surface area contributed by atoms with Crippen LogP contribution in [-0.4, -0.2) is 61.0 Å². The van der Waals surface area contributed by atoms with Gasteiger partial charge in [0.25, 0.3) is 11.8 Å².